The van der Waals surface area contributed by atoms with Gasteiger partial charge in [-0.05, 0) is 0 Å². The first kappa shape index (κ1) is 38.4. The second-order valence-corrected chi connectivity index (χ2v) is 46.5. The number of allylic oxidation sites excluding steroid dienone is 10. The summed E-state index contributed by atoms with van der Waals surface area (Å²) in [6.45, 7) is 40.6. The van der Waals surface area contributed by atoms with Crippen molar-refractivity contribution in [3.05, 3.63) is 85.8 Å². The van der Waals surface area contributed by atoms with E-state index in [1.165, 1.54) is 18.4 Å². The Bertz CT molecular complexity index is 1670. The molecule has 0 bridgehead atoms. The third-order valence-electron chi connectivity index (χ3n) is 17.1. The Labute approximate surface area is 297 Å². The second kappa shape index (κ2) is 10.8. The Morgan fingerprint density at radius 1 is 0.783 bits per heavy atom. The van der Waals surface area contributed by atoms with Crippen molar-refractivity contribution in [3.63, 3.8) is 0 Å². The van der Waals surface area contributed by atoms with Gasteiger partial charge in [0, 0.05) is 0 Å². The molecule has 1 fully saturated rings. The number of benzene rings is 1. The van der Waals surface area contributed by atoms with Crippen molar-refractivity contribution >= 4 is 37.3 Å². The molecule has 46 heavy (non-hydrogen) atoms. The van der Waals surface area contributed by atoms with Crippen molar-refractivity contribution in [2.75, 3.05) is 0 Å². The van der Waals surface area contributed by atoms with Crippen LogP contribution in [-0.2, 0) is 23.8 Å². The van der Waals surface area contributed by atoms with Gasteiger partial charge in [-0.1, -0.05) is 0 Å². The van der Waals surface area contributed by atoms with E-state index in [-0.39, 0.29) is 55.8 Å². The molecule has 254 valence electrons. The molecule has 0 N–H and O–H groups in total. The summed E-state index contributed by atoms with van der Waals surface area (Å²) in [5, 5.41) is 0. The van der Waals surface area contributed by atoms with Crippen molar-refractivity contribution in [1.82, 2.24) is 0 Å². The fourth-order valence-electron chi connectivity index (χ4n) is 13.7. The molecule has 0 amide bonds. The molecule has 0 nitrogen and oxygen atoms in total. The van der Waals surface area contributed by atoms with Crippen molar-refractivity contribution in [2.45, 2.75) is 132 Å². The molecular formula is C42H64Cl2SiZr. The van der Waals surface area contributed by atoms with Crippen LogP contribution in [0.2, 0.25) is 9.37 Å². The summed E-state index contributed by atoms with van der Waals surface area (Å²) in [6, 6.07) is 9.45. The Morgan fingerprint density at radius 2 is 1.37 bits per heavy atom. The molecule has 3 atom stereocenters. The van der Waals surface area contributed by atoms with Crippen LogP contribution in [0.3, 0.4) is 0 Å². The maximum Gasteiger partial charge on any atom is -0.147 e. The van der Waals surface area contributed by atoms with Gasteiger partial charge >= 0.3 is 275 Å². The predicted octanol–water partition coefficient (Wildman–Crippen LogP) is 12.9. The standard InChI is InChI=1S/C29H37.C5H5.2C4H9.2ClH.H2Si.Zr/c1-18-25-22-17-19-13-9-10-14-20(19)24(22)21-15-11-12-16-23(21)29(25,8)28(6,7)27(4,5)26(18,2)3;1-2-4-5-3-1;2*1-4(2)3;;;;/h9-11,13-15,23H,12,16-17H2,1-8H3;1-3H,4H2;2*1-3H3;2*1H;1H2;. The van der Waals surface area contributed by atoms with Gasteiger partial charge in [0.05, 0.1) is 0 Å². The second-order valence-electron chi connectivity index (χ2n) is 19.5. The Kier molecular flexibility index (Phi) is 9.02. The van der Waals surface area contributed by atoms with Gasteiger partial charge in [-0.25, -0.2) is 0 Å². The summed E-state index contributed by atoms with van der Waals surface area (Å²) >= 11 is -4.39. The minimum absolute atomic E-state index is 0. The normalized spacial score (nSPS) is 30.8. The van der Waals surface area contributed by atoms with Crippen LogP contribution < -0.4 is 0 Å². The largest absolute Gasteiger partial charge is 0.147 e. The van der Waals surface area contributed by atoms with E-state index in [1.54, 1.807) is 22.3 Å². The Balaban J connectivity index is 0.00000240. The van der Waals surface area contributed by atoms with E-state index in [0.717, 1.165) is 12.8 Å². The zero-order chi connectivity index (χ0) is 32.8. The molecule has 1 aromatic carbocycles. The molecule has 0 heterocycles. The summed E-state index contributed by atoms with van der Waals surface area (Å²) in [5.74, 6) is 0.531. The zero-order valence-electron chi connectivity index (χ0n) is 31.6. The smallest absolute Gasteiger partial charge is 0.147 e. The molecule has 0 radical (unpaired) electrons. The van der Waals surface area contributed by atoms with Gasteiger partial charge in [-0.2, -0.15) is 0 Å². The quantitative estimate of drug-likeness (QED) is 0.264. The zero-order valence-corrected chi connectivity index (χ0v) is 37.1. The van der Waals surface area contributed by atoms with Crippen molar-refractivity contribution in [2.24, 2.45) is 27.6 Å². The van der Waals surface area contributed by atoms with Gasteiger partial charge in [0.15, 0.2) is 0 Å². The van der Waals surface area contributed by atoms with Gasteiger partial charge in [0.1, 0.15) is 0 Å². The molecule has 5 aliphatic rings. The number of hydrogen-bond donors (Lipinski definition) is 0. The molecular weight excluding hydrogens is 695 g/mol. The fraction of sp³-hybridized carbons (Fsp3) is 0.619. The van der Waals surface area contributed by atoms with Crippen LogP contribution in [0.1, 0.15) is 127 Å². The van der Waals surface area contributed by atoms with Crippen LogP contribution in [0.15, 0.2) is 74.6 Å². The van der Waals surface area contributed by atoms with E-state index >= 15 is 0 Å². The van der Waals surface area contributed by atoms with E-state index in [1.807, 2.05) is 8.85 Å². The average molecular weight is 759 g/mol. The first-order chi connectivity index (χ1) is 20.0. The third-order valence-corrected chi connectivity index (χ3v) is 64.8. The summed E-state index contributed by atoms with van der Waals surface area (Å²) in [7, 11) is 0. The Morgan fingerprint density at radius 3 is 1.91 bits per heavy atom. The molecule has 0 spiro atoms. The molecule has 1 saturated carbocycles. The van der Waals surface area contributed by atoms with Gasteiger partial charge in [-0.15, -0.1) is 24.8 Å². The SMILES string of the molecule is CC12C(=C3Cc4ccccc4C3=C3C=CCCC31)[C](C)([Zr](=[SiH2])([C]1=CC=CC1)([C](C)(C)C)[C](C)(C)C)C(C)(C)C(C)(C)C2(C)C.Cl.Cl. The number of fused-ring (bicyclic) bond motifs is 6. The fourth-order valence-corrected chi connectivity index (χ4v) is 47.2. The van der Waals surface area contributed by atoms with E-state index in [9.17, 15) is 0 Å². The predicted molar refractivity (Wildman–Crippen MR) is 208 cm³/mol. The topological polar surface area (TPSA) is 0 Å². The van der Waals surface area contributed by atoms with Crippen LogP contribution in [-0.4, -0.2) is 6.88 Å². The van der Waals surface area contributed by atoms with Gasteiger partial charge in [-0.3, -0.25) is 0 Å². The molecule has 1 aromatic rings. The number of rotatable bonds is 2. The molecule has 4 heteroatoms. The molecule has 0 saturated heterocycles. The van der Waals surface area contributed by atoms with Gasteiger partial charge in [0.2, 0.25) is 0 Å². The summed E-state index contributed by atoms with van der Waals surface area (Å²) < 4.78 is 2.23. The Hall–Kier alpha value is -0.400. The first-order valence-corrected chi connectivity index (χ1v) is 28.5. The van der Waals surface area contributed by atoms with Crippen LogP contribution in [0.5, 0.6) is 0 Å². The van der Waals surface area contributed by atoms with E-state index in [0.29, 0.717) is 5.92 Å². The minimum Gasteiger partial charge on any atom is -0.147 e. The maximum absolute atomic E-state index is 4.39. The van der Waals surface area contributed by atoms with Crippen LogP contribution in [0.4, 0.5) is 0 Å². The molecule has 0 aliphatic heterocycles. The maximum atomic E-state index is 2.89. The van der Waals surface area contributed by atoms with E-state index in [2.05, 4.69) is 158 Å². The van der Waals surface area contributed by atoms with Crippen molar-refractivity contribution in [1.29, 1.82) is 0 Å². The minimum atomic E-state index is -4.39. The number of hydrogen-bond acceptors (Lipinski definition) is 0. The molecule has 0 aromatic heterocycles. The van der Waals surface area contributed by atoms with Crippen LogP contribution in [0.25, 0.3) is 5.57 Å². The van der Waals surface area contributed by atoms with Crippen molar-refractivity contribution < 1.29 is 17.4 Å². The average Bonchev–Trinajstić information content (AvgIpc) is 3.59. The van der Waals surface area contributed by atoms with Crippen LogP contribution >= 0.6 is 24.8 Å². The summed E-state index contributed by atoms with van der Waals surface area (Å²) in [4.78, 5) is 0. The first-order valence-electron chi connectivity index (χ1n) is 17.6. The molecule has 3 unspecified atom stereocenters. The van der Waals surface area contributed by atoms with Gasteiger partial charge in [0.25, 0.3) is 0 Å². The van der Waals surface area contributed by atoms with Crippen molar-refractivity contribution in [3.8, 4) is 0 Å². The summed E-state index contributed by atoms with van der Waals surface area (Å²) in [5.41, 5.74) is 10.2. The van der Waals surface area contributed by atoms with Gasteiger partial charge < -0.3 is 0 Å². The number of halogens is 2. The monoisotopic (exact) mass is 756 g/mol. The third kappa shape index (κ3) is 3.68. The molecule has 5 aliphatic carbocycles. The van der Waals surface area contributed by atoms with E-state index in [4.69, 9.17) is 0 Å². The van der Waals surface area contributed by atoms with E-state index < -0.39 is 17.4 Å². The summed E-state index contributed by atoms with van der Waals surface area (Å²) in [6.07, 6.45) is 17.3. The molecule has 6 rings (SSSR count). The van der Waals surface area contributed by atoms with Crippen LogP contribution in [0, 0.1) is 27.6 Å².